The van der Waals surface area contributed by atoms with Crippen molar-refractivity contribution in [3.05, 3.63) is 24.0 Å². The van der Waals surface area contributed by atoms with Crippen molar-refractivity contribution >= 4 is 38.6 Å². The van der Waals surface area contributed by atoms with Crippen molar-refractivity contribution in [2.24, 2.45) is 11.8 Å². The number of rotatable bonds is 4. The highest BCUT2D eigenvalue weighted by molar-refractivity contribution is 7.22. The van der Waals surface area contributed by atoms with E-state index in [1.807, 2.05) is 17.9 Å². The lowest BCUT2D eigenvalue weighted by molar-refractivity contribution is -0.151. The number of nitrogens with zero attached hydrogens (tertiary/aromatic N) is 3. The van der Waals surface area contributed by atoms with Gasteiger partial charge in [0.15, 0.2) is 5.13 Å². The standard InChI is InChI=1S/C21H26FN3O3S/c1-2-28-20(27)15-8-10-24(11-9-15)19(26)14-6-12-25(13-7-14)21-23-18-16(22)4-3-5-17(18)29-21/h3-5,14-15H,2,6-13H2,1H3. The largest absolute Gasteiger partial charge is 0.466 e. The van der Waals surface area contributed by atoms with Gasteiger partial charge in [-0.05, 0) is 44.7 Å². The van der Waals surface area contributed by atoms with Gasteiger partial charge in [0.2, 0.25) is 5.91 Å². The SMILES string of the molecule is CCOC(=O)C1CCN(C(=O)C2CCN(c3nc4c(F)cccc4s3)CC2)CC1. The minimum atomic E-state index is -0.290. The van der Waals surface area contributed by atoms with Crippen LogP contribution in [0.3, 0.4) is 0 Å². The highest BCUT2D eigenvalue weighted by atomic mass is 32.1. The number of benzene rings is 1. The zero-order chi connectivity index (χ0) is 20.4. The number of aromatic nitrogens is 1. The molecule has 29 heavy (non-hydrogen) atoms. The number of carbonyl (C=O) groups excluding carboxylic acids is 2. The topological polar surface area (TPSA) is 62.7 Å². The van der Waals surface area contributed by atoms with Gasteiger partial charge in [0.1, 0.15) is 11.3 Å². The molecule has 1 aromatic heterocycles. The van der Waals surface area contributed by atoms with Gasteiger partial charge < -0.3 is 14.5 Å². The average molecular weight is 420 g/mol. The van der Waals surface area contributed by atoms with Crippen LogP contribution in [0.4, 0.5) is 9.52 Å². The number of para-hydroxylation sites is 1. The molecule has 6 nitrogen and oxygen atoms in total. The van der Waals surface area contributed by atoms with E-state index < -0.39 is 0 Å². The fourth-order valence-electron chi connectivity index (χ4n) is 4.21. The monoisotopic (exact) mass is 419 g/mol. The van der Waals surface area contributed by atoms with Crippen molar-refractivity contribution in [2.45, 2.75) is 32.6 Å². The van der Waals surface area contributed by atoms with Crippen LogP contribution in [-0.4, -0.2) is 54.5 Å². The summed E-state index contributed by atoms with van der Waals surface area (Å²) in [5.74, 6) is -0.305. The molecule has 0 aliphatic carbocycles. The number of hydrogen-bond donors (Lipinski definition) is 0. The maximum atomic E-state index is 13.9. The maximum absolute atomic E-state index is 13.9. The second-order valence-corrected chi connectivity index (χ2v) is 8.71. The Morgan fingerprint density at radius 3 is 2.48 bits per heavy atom. The number of piperidine rings is 2. The summed E-state index contributed by atoms with van der Waals surface area (Å²) in [6, 6.07) is 5.02. The Kier molecular flexibility index (Phi) is 5.99. The lowest BCUT2D eigenvalue weighted by Crippen LogP contribution is -2.46. The number of halogens is 1. The fourth-order valence-corrected chi connectivity index (χ4v) is 5.24. The highest BCUT2D eigenvalue weighted by Crippen LogP contribution is 2.33. The molecule has 0 saturated carbocycles. The Bertz CT molecular complexity index is 886. The zero-order valence-corrected chi connectivity index (χ0v) is 17.4. The van der Waals surface area contributed by atoms with Crippen molar-refractivity contribution in [1.29, 1.82) is 0 Å². The van der Waals surface area contributed by atoms with E-state index in [1.165, 1.54) is 17.4 Å². The summed E-state index contributed by atoms with van der Waals surface area (Å²) in [4.78, 5) is 33.3. The minimum Gasteiger partial charge on any atom is -0.466 e. The van der Waals surface area contributed by atoms with Gasteiger partial charge in [-0.3, -0.25) is 9.59 Å². The number of amides is 1. The molecule has 2 saturated heterocycles. The molecule has 2 fully saturated rings. The van der Waals surface area contributed by atoms with Gasteiger partial charge in [0, 0.05) is 32.1 Å². The van der Waals surface area contributed by atoms with Gasteiger partial charge in [0.05, 0.1) is 17.2 Å². The summed E-state index contributed by atoms with van der Waals surface area (Å²) in [5, 5.41) is 0.825. The van der Waals surface area contributed by atoms with E-state index in [4.69, 9.17) is 4.74 Å². The third kappa shape index (κ3) is 4.22. The predicted molar refractivity (Wildman–Crippen MR) is 110 cm³/mol. The zero-order valence-electron chi connectivity index (χ0n) is 16.6. The summed E-state index contributed by atoms with van der Waals surface area (Å²) in [6.45, 7) is 4.96. The molecule has 0 radical (unpaired) electrons. The molecule has 1 amide bonds. The molecule has 0 unspecified atom stereocenters. The second kappa shape index (κ2) is 8.65. The van der Waals surface area contributed by atoms with Crippen LogP contribution in [0.25, 0.3) is 10.2 Å². The number of carbonyl (C=O) groups is 2. The molecular formula is C21H26FN3O3S. The quantitative estimate of drug-likeness (QED) is 0.711. The van der Waals surface area contributed by atoms with Crippen molar-refractivity contribution in [1.82, 2.24) is 9.88 Å². The number of likely N-dealkylation sites (tertiary alicyclic amines) is 1. The molecule has 0 atom stereocenters. The Hall–Kier alpha value is -2.22. The molecule has 0 spiro atoms. The van der Waals surface area contributed by atoms with Crippen molar-refractivity contribution < 1.29 is 18.7 Å². The number of esters is 1. The Balaban J connectivity index is 1.31. The molecule has 4 rings (SSSR count). The van der Waals surface area contributed by atoms with Crippen molar-refractivity contribution in [2.75, 3.05) is 37.7 Å². The number of thiazole rings is 1. The molecule has 2 aliphatic rings. The second-order valence-electron chi connectivity index (χ2n) is 7.70. The van der Waals surface area contributed by atoms with Gasteiger partial charge >= 0.3 is 5.97 Å². The molecule has 8 heteroatoms. The molecular weight excluding hydrogens is 393 g/mol. The van der Waals surface area contributed by atoms with E-state index in [1.54, 1.807) is 6.07 Å². The number of hydrogen-bond acceptors (Lipinski definition) is 6. The van der Waals surface area contributed by atoms with E-state index in [0.717, 1.165) is 35.8 Å². The third-order valence-corrected chi connectivity index (χ3v) is 6.98. The van der Waals surface area contributed by atoms with E-state index in [-0.39, 0.29) is 29.5 Å². The summed E-state index contributed by atoms with van der Waals surface area (Å²) in [6.07, 6.45) is 2.91. The molecule has 2 aliphatic heterocycles. The Morgan fingerprint density at radius 2 is 1.83 bits per heavy atom. The molecule has 0 bridgehead atoms. The summed E-state index contributed by atoms with van der Waals surface area (Å²) in [7, 11) is 0. The molecule has 3 heterocycles. The van der Waals surface area contributed by atoms with E-state index in [2.05, 4.69) is 9.88 Å². The van der Waals surface area contributed by atoms with Gasteiger partial charge in [0.25, 0.3) is 0 Å². The maximum Gasteiger partial charge on any atom is 0.309 e. The normalized spacial score (nSPS) is 19.0. The summed E-state index contributed by atoms with van der Waals surface area (Å²) >= 11 is 1.50. The third-order valence-electron chi connectivity index (χ3n) is 5.90. The summed E-state index contributed by atoms with van der Waals surface area (Å²) < 4.78 is 19.9. The first-order valence-electron chi connectivity index (χ1n) is 10.3. The molecule has 156 valence electrons. The minimum absolute atomic E-state index is 0.0107. The smallest absolute Gasteiger partial charge is 0.309 e. The highest BCUT2D eigenvalue weighted by Gasteiger charge is 2.33. The first-order chi connectivity index (χ1) is 14.1. The first kappa shape index (κ1) is 20.1. The van der Waals surface area contributed by atoms with Crippen molar-refractivity contribution in [3.63, 3.8) is 0 Å². The fraction of sp³-hybridized carbons (Fsp3) is 0.571. The van der Waals surface area contributed by atoms with Gasteiger partial charge in [-0.25, -0.2) is 9.37 Å². The lowest BCUT2D eigenvalue weighted by atomic mass is 9.92. The molecule has 0 N–H and O–H groups in total. The Morgan fingerprint density at radius 1 is 1.14 bits per heavy atom. The molecule has 1 aromatic carbocycles. The number of anilines is 1. The van der Waals surface area contributed by atoms with Crippen LogP contribution in [-0.2, 0) is 14.3 Å². The summed E-state index contributed by atoms with van der Waals surface area (Å²) in [5.41, 5.74) is 0.426. The molecule has 2 aromatic rings. The van der Waals surface area contributed by atoms with Gasteiger partial charge in [-0.1, -0.05) is 17.4 Å². The van der Waals surface area contributed by atoms with Crippen LogP contribution in [0, 0.1) is 17.7 Å². The first-order valence-corrected chi connectivity index (χ1v) is 11.1. The van der Waals surface area contributed by atoms with Crippen molar-refractivity contribution in [3.8, 4) is 0 Å². The van der Waals surface area contributed by atoms with Crippen LogP contribution in [0.1, 0.15) is 32.6 Å². The van der Waals surface area contributed by atoms with Crippen LogP contribution >= 0.6 is 11.3 Å². The van der Waals surface area contributed by atoms with Crippen LogP contribution in [0.15, 0.2) is 18.2 Å². The predicted octanol–water partition coefficient (Wildman–Crippen LogP) is 3.45. The Labute approximate surface area is 173 Å². The number of fused-ring (bicyclic) bond motifs is 1. The van der Waals surface area contributed by atoms with Gasteiger partial charge in [-0.2, -0.15) is 0 Å². The lowest BCUT2D eigenvalue weighted by Gasteiger charge is -2.36. The van der Waals surface area contributed by atoms with Crippen LogP contribution in [0.5, 0.6) is 0 Å². The van der Waals surface area contributed by atoms with E-state index >= 15 is 0 Å². The average Bonchev–Trinajstić information content (AvgIpc) is 3.19. The van der Waals surface area contributed by atoms with Gasteiger partial charge in [-0.15, -0.1) is 0 Å². The van der Waals surface area contributed by atoms with E-state index in [0.29, 0.717) is 38.1 Å². The number of ether oxygens (including phenoxy) is 1. The van der Waals surface area contributed by atoms with E-state index in [9.17, 15) is 14.0 Å². The van der Waals surface area contributed by atoms with Crippen LogP contribution < -0.4 is 4.90 Å². The van der Waals surface area contributed by atoms with Crippen LogP contribution in [0.2, 0.25) is 0 Å².